The topological polar surface area (TPSA) is 74.3 Å². The largest absolute Gasteiger partial charge is 0.349 e. The standard InChI is InChI=1S/C27H32N4O2S/c1-18(19-8-3-2-4-9-19)29-27(33)25-20-10-5-6-11-22(20)30-26(23-12-7-15-34-23)21(25)17-31-14-13-28-16-24(31)32/h5-7,10-12,15,18-19,28H,2-4,8-9,13-14,16-17H2,1H3,(H,29,33)/t18-/m0/s1. The van der Waals surface area contributed by atoms with Crippen molar-refractivity contribution in [2.24, 2.45) is 5.92 Å². The summed E-state index contributed by atoms with van der Waals surface area (Å²) in [5.74, 6) is 0.506. The summed E-state index contributed by atoms with van der Waals surface area (Å²) in [7, 11) is 0. The highest BCUT2D eigenvalue weighted by Crippen LogP contribution is 2.34. The minimum absolute atomic E-state index is 0.0541. The number of hydrogen-bond donors (Lipinski definition) is 2. The van der Waals surface area contributed by atoms with Crippen LogP contribution in [0.2, 0.25) is 0 Å². The molecule has 2 amide bonds. The van der Waals surface area contributed by atoms with Gasteiger partial charge in [0, 0.05) is 36.6 Å². The number of amides is 2. The Morgan fingerprint density at radius 1 is 1.21 bits per heavy atom. The SMILES string of the molecule is C[C@H](NC(=O)c1c(CN2CCNCC2=O)c(-c2cccs2)nc2ccccc12)C1CCCCC1. The summed E-state index contributed by atoms with van der Waals surface area (Å²) in [4.78, 5) is 34.5. The Hall–Kier alpha value is -2.77. The molecular formula is C27H32N4O2S. The molecule has 0 radical (unpaired) electrons. The third-order valence-electron chi connectivity index (χ3n) is 7.23. The van der Waals surface area contributed by atoms with Crippen molar-refractivity contribution < 1.29 is 9.59 Å². The molecule has 5 rings (SSSR count). The summed E-state index contributed by atoms with van der Waals surface area (Å²) in [5, 5.41) is 9.34. The second kappa shape index (κ2) is 10.2. The van der Waals surface area contributed by atoms with E-state index >= 15 is 0 Å². The first-order chi connectivity index (χ1) is 16.6. The molecule has 1 aliphatic carbocycles. The number of carbonyl (C=O) groups is 2. The van der Waals surface area contributed by atoms with Crippen LogP contribution in [0.15, 0.2) is 41.8 Å². The van der Waals surface area contributed by atoms with E-state index in [1.165, 1.54) is 32.1 Å². The number of rotatable bonds is 6. The van der Waals surface area contributed by atoms with Gasteiger partial charge in [0.1, 0.15) is 0 Å². The van der Waals surface area contributed by atoms with Crippen LogP contribution in [0.25, 0.3) is 21.5 Å². The first-order valence-electron chi connectivity index (χ1n) is 12.4. The highest BCUT2D eigenvalue weighted by Gasteiger charge is 2.28. The summed E-state index contributed by atoms with van der Waals surface area (Å²) >= 11 is 1.61. The lowest BCUT2D eigenvalue weighted by molar-refractivity contribution is -0.132. The Kier molecular flexibility index (Phi) is 6.92. The molecular weight excluding hydrogens is 444 g/mol. The molecule has 7 heteroatoms. The van der Waals surface area contributed by atoms with Crippen LogP contribution >= 0.6 is 11.3 Å². The second-order valence-corrected chi connectivity index (χ2v) is 10.4. The maximum absolute atomic E-state index is 13.9. The zero-order chi connectivity index (χ0) is 23.5. The van der Waals surface area contributed by atoms with Crippen LogP contribution in [0.4, 0.5) is 0 Å². The minimum atomic E-state index is -0.0629. The van der Waals surface area contributed by atoms with Crippen molar-refractivity contribution in [1.82, 2.24) is 20.5 Å². The molecule has 2 fully saturated rings. The number of hydrogen-bond acceptors (Lipinski definition) is 5. The van der Waals surface area contributed by atoms with Gasteiger partial charge in [-0.2, -0.15) is 0 Å². The zero-order valence-corrected chi connectivity index (χ0v) is 20.5. The van der Waals surface area contributed by atoms with Crippen LogP contribution in [-0.2, 0) is 11.3 Å². The van der Waals surface area contributed by atoms with Gasteiger partial charge in [0.05, 0.1) is 28.2 Å². The molecule has 1 aliphatic heterocycles. The van der Waals surface area contributed by atoms with Crippen LogP contribution in [0.3, 0.4) is 0 Å². The van der Waals surface area contributed by atoms with Gasteiger partial charge in [-0.1, -0.05) is 43.5 Å². The van der Waals surface area contributed by atoms with E-state index in [-0.39, 0.29) is 17.9 Å². The van der Waals surface area contributed by atoms with Gasteiger partial charge < -0.3 is 15.5 Å². The van der Waals surface area contributed by atoms with E-state index in [0.29, 0.717) is 31.1 Å². The number of benzene rings is 1. The molecule has 2 aliphatic rings. The molecule has 178 valence electrons. The van der Waals surface area contributed by atoms with Crippen LogP contribution in [0, 0.1) is 5.92 Å². The van der Waals surface area contributed by atoms with Gasteiger partial charge in [-0.05, 0) is 43.2 Å². The molecule has 1 atom stereocenters. The smallest absolute Gasteiger partial charge is 0.252 e. The molecule has 3 aromatic rings. The molecule has 2 aromatic heterocycles. The number of pyridine rings is 1. The van der Waals surface area contributed by atoms with Crippen molar-refractivity contribution in [2.75, 3.05) is 19.6 Å². The summed E-state index contributed by atoms with van der Waals surface area (Å²) < 4.78 is 0. The Bertz CT molecular complexity index is 1170. The van der Waals surface area contributed by atoms with Gasteiger partial charge in [-0.15, -0.1) is 11.3 Å². The number of aromatic nitrogens is 1. The van der Waals surface area contributed by atoms with Gasteiger partial charge in [0.2, 0.25) is 5.91 Å². The van der Waals surface area contributed by atoms with Crippen molar-refractivity contribution in [2.45, 2.75) is 51.6 Å². The molecule has 0 unspecified atom stereocenters. The van der Waals surface area contributed by atoms with E-state index in [1.54, 1.807) is 11.3 Å². The predicted molar refractivity (Wildman–Crippen MR) is 137 cm³/mol. The Morgan fingerprint density at radius 3 is 2.79 bits per heavy atom. The average Bonchev–Trinajstić information content (AvgIpc) is 3.40. The van der Waals surface area contributed by atoms with E-state index in [9.17, 15) is 9.59 Å². The summed E-state index contributed by atoms with van der Waals surface area (Å²) in [6.07, 6.45) is 6.10. The third-order valence-corrected chi connectivity index (χ3v) is 8.10. The molecule has 0 bridgehead atoms. The first-order valence-corrected chi connectivity index (χ1v) is 13.2. The number of para-hydroxylation sites is 1. The van der Waals surface area contributed by atoms with E-state index < -0.39 is 0 Å². The maximum atomic E-state index is 13.9. The minimum Gasteiger partial charge on any atom is -0.349 e. The number of fused-ring (bicyclic) bond motifs is 1. The molecule has 6 nitrogen and oxygen atoms in total. The molecule has 1 saturated carbocycles. The lowest BCUT2D eigenvalue weighted by Crippen LogP contribution is -2.48. The number of nitrogens with zero attached hydrogens (tertiary/aromatic N) is 2. The fourth-order valence-electron chi connectivity index (χ4n) is 5.32. The number of piperazine rings is 1. The summed E-state index contributed by atoms with van der Waals surface area (Å²) in [5.41, 5.74) is 3.10. The Balaban J connectivity index is 1.60. The Labute approximate surface area is 204 Å². The maximum Gasteiger partial charge on any atom is 0.252 e. The third kappa shape index (κ3) is 4.72. The Morgan fingerprint density at radius 2 is 2.03 bits per heavy atom. The van der Waals surface area contributed by atoms with Gasteiger partial charge in [0.15, 0.2) is 0 Å². The van der Waals surface area contributed by atoms with Crippen LogP contribution in [-0.4, -0.2) is 47.4 Å². The van der Waals surface area contributed by atoms with Crippen molar-refractivity contribution >= 4 is 34.1 Å². The normalized spacial score (nSPS) is 18.3. The molecule has 0 spiro atoms. The van der Waals surface area contributed by atoms with Gasteiger partial charge in [-0.3, -0.25) is 9.59 Å². The monoisotopic (exact) mass is 476 g/mol. The fraction of sp³-hybridized carbons (Fsp3) is 0.444. The summed E-state index contributed by atoms with van der Waals surface area (Å²) in [6.45, 7) is 4.22. The second-order valence-electron chi connectivity index (χ2n) is 9.46. The van der Waals surface area contributed by atoms with E-state index in [2.05, 4.69) is 17.6 Å². The van der Waals surface area contributed by atoms with Crippen LogP contribution < -0.4 is 10.6 Å². The average molecular weight is 477 g/mol. The molecule has 3 heterocycles. The van der Waals surface area contributed by atoms with Gasteiger partial charge in [0.25, 0.3) is 5.91 Å². The van der Waals surface area contributed by atoms with Crippen LogP contribution in [0.5, 0.6) is 0 Å². The highest BCUT2D eigenvalue weighted by molar-refractivity contribution is 7.13. The molecule has 2 N–H and O–H groups in total. The van der Waals surface area contributed by atoms with Crippen molar-refractivity contribution in [3.05, 3.63) is 52.9 Å². The van der Waals surface area contributed by atoms with E-state index in [4.69, 9.17) is 4.98 Å². The molecule has 1 aromatic carbocycles. The number of thiophene rings is 1. The lowest BCUT2D eigenvalue weighted by Gasteiger charge is -2.30. The predicted octanol–water partition coefficient (Wildman–Crippen LogP) is 4.59. The van der Waals surface area contributed by atoms with Crippen molar-refractivity contribution in [3.63, 3.8) is 0 Å². The number of nitrogens with one attached hydrogen (secondary N) is 2. The first kappa shape index (κ1) is 23.0. The van der Waals surface area contributed by atoms with Crippen LogP contribution in [0.1, 0.15) is 54.9 Å². The quantitative estimate of drug-likeness (QED) is 0.546. The van der Waals surface area contributed by atoms with Crippen molar-refractivity contribution in [1.29, 1.82) is 0 Å². The lowest BCUT2D eigenvalue weighted by atomic mass is 9.84. The van der Waals surface area contributed by atoms with Gasteiger partial charge in [-0.25, -0.2) is 4.98 Å². The highest BCUT2D eigenvalue weighted by atomic mass is 32.1. The zero-order valence-electron chi connectivity index (χ0n) is 19.7. The molecule has 34 heavy (non-hydrogen) atoms. The summed E-state index contributed by atoms with van der Waals surface area (Å²) in [6, 6.07) is 12.0. The van der Waals surface area contributed by atoms with E-state index in [1.807, 2.05) is 46.7 Å². The van der Waals surface area contributed by atoms with Gasteiger partial charge >= 0.3 is 0 Å². The van der Waals surface area contributed by atoms with E-state index in [0.717, 1.165) is 33.6 Å². The number of carbonyl (C=O) groups excluding carboxylic acids is 2. The molecule has 1 saturated heterocycles. The van der Waals surface area contributed by atoms with Crippen molar-refractivity contribution in [3.8, 4) is 10.6 Å². The fourth-order valence-corrected chi connectivity index (χ4v) is 6.06.